The third kappa shape index (κ3) is 5.10. The van der Waals surface area contributed by atoms with Crippen molar-refractivity contribution in [2.45, 2.75) is 19.4 Å². The molecule has 0 spiro atoms. The van der Waals surface area contributed by atoms with E-state index in [4.69, 9.17) is 9.47 Å². The Hall–Kier alpha value is -1.12. The number of unbranched alkanes of at least 4 members (excludes halogenated alkanes) is 1. The third-order valence-corrected chi connectivity index (χ3v) is 2.34. The lowest BCUT2D eigenvalue weighted by atomic mass is 10.1. The first kappa shape index (κ1) is 12.9. The van der Waals surface area contributed by atoms with Gasteiger partial charge in [0.2, 0.25) is 0 Å². The Kier molecular flexibility index (Phi) is 6.54. The Morgan fingerprint density at radius 1 is 1.25 bits per heavy atom. The highest BCUT2D eigenvalue weighted by Crippen LogP contribution is 2.07. The van der Waals surface area contributed by atoms with E-state index in [1.54, 1.807) is 7.11 Å². The van der Waals surface area contributed by atoms with Crippen molar-refractivity contribution in [2.75, 3.05) is 20.3 Å². The molecular formula is C14H20O2. The van der Waals surface area contributed by atoms with E-state index in [1.165, 1.54) is 5.56 Å². The van der Waals surface area contributed by atoms with Crippen LogP contribution < -0.4 is 0 Å². The molecule has 0 aliphatic carbocycles. The van der Waals surface area contributed by atoms with Gasteiger partial charge in [-0.15, -0.1) is 0 Å². The summed E-state index contributed by atoms with van der Waals surface area (Å²) in [7, 11) is 1.72. The summed E-state index contributed by atoms with van der Waals surface area (Å²) in [4.78, 5) is 0. The van der Waals surface area contributed by atoms with Crippen LogP contribution in [0.4, 0.5) is 0 Å². The summed E-state index contributed by atoms with van der Waals surface area (Å²) in [5.74, 6) is 0. The summed E-state index contributed by atoms with van der Waals surface area (Å²) < 4.78 is 10.5. The molecule has 0 unspecified atom stereocenters. The van der Waals surface area contributed by atoms with Crippen LogP contribution in [0.25, 0.3) is 6.08 Å². The smallest absolute Gasteiger partial charge is 0.0717 e. The molecule has 1 aromatic rings. The van der Waals surface area contributed by atoms with Crippen molar-refractivity contribution in [1.82, 2.24) is 0 Å². The monoisotopic (exact) mass is 220 g/mol. The van der Waals surface area contributed by atoms with Crippen LogP contribution in [-0.4, -0.2) is 20.3 Å². The Morgan fingerprint density at radius 3 is 2.81 bits per heavy atom. The lowest BCUT2D eigenvalue weighted by Crippen LogP contribution is -1.98. The van der Waals surface area contributed by atoms with E-state index in [-0.39, 0.29) is 0 Å². The maximum Gasteiger partial charge on any atom is 0.0717 e. The molecule has 0 aliphatic rings. The Labute approximate surface area is 97.9 Å². The predicted octanol–water partition coefficient (Wildman–Crippen LogP) is 3.27. The minimum atomic E-state index is 0.675. The van der Waals surface area contributed by atoms with E-state index < -0.39 is 0 Å². The van der Waals surface area contributed by atoms with Crippen LogP contribution in [0.1, 0.15) is 24.0 Å². The molecule has 88 valence electrons. The molecule has 0 fully saturated rings. The molecule has 0 radical (unpaired) electrons. The molecular weight excluding hydrogens is 200 g/mol. The number of hydrogen-bond acceptors (Lipinski definition) is 2. The molecule has 0 heterocycles. The van der Waals surface area contributed by atoms with E-state index in [9.17, 15) is 0 Å². The summed E-state index contributed by atoms with van der Waals surface area (Å²) in [6.45, 7) is 6.03. The van der Waals surface area contributed by atoms with Crippen molar-refractivity contribution in [2.24, 2.45) is 0 Å². The van der Waals surface area contributed by atoms with Crippen LogP contribution in [0.15, 0.2) is 30.8 Å². The van der Waals surface area contributed by atoms with Crippen LogP contribution in [0, 0.1) is 0 Å². The lowest BCUT2D eigenvalue weighted by molar-refractivity contribution is 0.108. The van der Waals surface area contributed by atoms with Crippen molar-refractivity contribution < 1.29 is 9.47 Å². The van der Waals surface area contributed by atoms with Crippen molar-refractivity contribution in [3.63, 3.8) is 0 Å². The number of hydrogen-bond donors (Lipinski definition) is 0. The molecule has 0 atom stereocenters. The second-order valence-corrected chi connectivity index (χ2v) is 3.70. The van der Waals surface area contributed by atoms with Gasteiger partial charge in [0.1, 0.15) is 0 Å². The maximum absolute atomic E-state index is 5.58. The summed E-state index contributed by atoms with van der Waals surface area (Å²) in [5, 5.41) is 0. The van der Waals surface area contributed by atoms with Crippen molar-refractivity contribution >= 4 is 6.08 Å². The minimum absolute atomic E-state index is 0.675. The van der Waals surface area contributed by atoms with Gasteiger partial charge in [-0.3, -0.25) is 0 Å². The van der Waals surface area contributed by atoms with Gasteiger partial charge in [0, 0.05) is 20.3 Å². The number of methoxy groups -OCH3 is 1. The quantitative estimate of drug-likeness (QED) is 0.626. The molecule has 1 rings (SSSR count). The molecule has 1 aromatic carbocycles. The highest BCUT2D eigenvalue weighted by molar-refractivity contribution is 5.47. The van der Waals surface area contributed by atoms with Gasteiger partial charge in [-0.25, -0.2) is 0 Å². The van der Waals surface area contributed by atoms with E-state index in [0.717, 1.165) is 31.6 Å². The molecule has 0 bridgehead atoms. The lowest BCUT2D eigenvalue weighted by Gasteiger charge is -2.05. The van der Waals surface area contributed by atoms with Gasteiger partial charge in [-0.2, -0.15) is 0 Å². The third-order valence-electron chi connectivity index (χ3n) is 2.34. The Morgan fingerprint density at radius 2 is 2.06 bits per heavy atom. The second kappa shape index (κ2) is 8.08. The molecule has 16 heavy (non-hydrogen) atoms. The van der Waals surface area contributed by atoms with Crippen LogP contribution in [-0.2, 0) is 16.1 Å². The van der Waals surface area contributed by atoms with Crippen LogP contribution in [0.5, 0.6) is 0 Å². The van der Waals surface area contributed by atoms with Crippen LogP contribution in [0.3, 0.4) is 0 Å². The molecule has 2 nitrogen and oxygen atoms in total. The predicted molar refractivity (Wildman–Crippen MR) is 67.3 cm³/mol. The fourth-order valence-corrected chi connectivity index (χ4v) is 1.45. The number of benzene rings is 1. The largest absolute Gasteiger partial charge is 0.385 e. The number of rotatable bonds is 8. The first-order valence-corrected chi connectivity index (χ1v) is 5.65. The Bertz CT molecular complexity index is 307. The van der Waals surface area contributed by atoms with Gasteiger partial charge in [0.25, 0.3) is 0 Å². The fourth-order valence-electron chi connectivity index (χ4n) is 1.45. The highest BCUT2D eigenvalue weighted by Gasteiger charge is 1.94. The van der Waals surface area contributed by atoms with Crippen molar-refractivity contribution in [3.8, 4) is 0 Å². The van der Waals surface area contributed by atoms with E-state index in [0.29, 0.717) is 6.61 Å². The zero-order valence-corrected chi connectivity index (χ0v) is 9.95. The summed E-state index contributed by atoms with van der Waals surface area (Å²) in [6, 6.07) is 8.24. The highest BCUT2D eigenvalue weighted by atomic mass is 16.5. The summed E-state index contributed by atoms with van der Waals surface area (Å²) in [5.41, 5.74) is 2.34. The summed E-state index contributed by atoms with van der Waals surface area (Å²) >= 11 is 0. The maximum atomic E-state index is 5.58. The van der Waals surface area contributed by atoms with Crippen molar-refractivity contribution in [1.29, 1.82) is 0 Å². The van der Waals surface area contributed by atoms with E-state index >= 15 is 0 Å². The van der Waals surface area contributed by atoms with Gasteiger partial charge < -0.3 is 9.47 Å². The zero-order valence-electron chi connectivity index (χ0n) is 9.95. The van der Waals surface area contributed by atoms with Gasteiger partial charge in [0.05, 0.1) is 6.61 Å². The van der Waals surface area contributed by atoms with E-state index in [1.807, 2.05) is 18.2 Å². The first-order valence-electron chi connectivity index (χ1n) is 5.65. The van der Waals surface area contributed by atoms with Crippen LogP contribution >= 0.6 is 0 Å². The molecule has 0 saturated heterocycles. The zero-order chi connectivity index (χ0) is 11.6. The topological polar surface area (TPSA) is 18.5 Å². The van der Waals surface area contributed by atoms with E-state index in [2.05, 4.69) is 18.7 Å². The minimum Gasteiger partial charge on any atom is -0.385 e. The van der Waals surface area contributed by atoms with Crippen LogP contribution in [0.2, 0.25) is 0 Å². The molecule has 0 amide bonds. The van der Waals surface area contributed by atoms with Gasteiger partial charge >= 0.3 is 0 Å². The standard InChI is InChI=1S/C14H20O2/c1-3-13-7-6-8-14(11-13)12-16-10-5-4-9-15-2/h3,6-8,11H,1,4-5,9-10,12H2,2H3. The van der Waals surface area contributed by atoms with Gasteiger partial charge in [0.15, 0.2) is 0 Å². The molecule has 0 aromatic heterocycles. The normalized spacial score (nSPS) is 10.3. The summed E-state index contributed by atoms with van der Waals surface area (Å²) in [6.07, 6.45) is 3.96. The number of ether oxygens (including phenoxy) is 2. The fraction of sp³-hybridized carbons (Fsp3) is 0.429. The molecule has 0 saturated carbocycles. The molecule has 0 aliphatic heterocycles. The molecule has 2 heteroatoms. The SMILES string of the molecule is C=Cc1cccc(COCCCCOC)c1. The molecule has 0 N–H and O–H groups in total. The average Bonchev–Trinajstić information content (AvgIpc) is 2.34. The van der Waals surface area contributed by atoms with Gasteiger partial charge in [-0.1, -0.05) is 30.9 Å². The average molecular weight is 220 g/mol. The first-order chi connectivity index (χ1) is 7.86. The Balaban J connectivity index is 2.18. The second-order valence-electron chi connectivity index (χ2n) is 3.70. The van der Waals surface area contributed by atoms with Crippen molar-refractivity contribution in [3.05, 3.63) is 42.0 Å². The van der Waals surface area contributed by atoms with Gasteiger partial charge in [-0.05, 0) is 30.0 Å².